The van der Waals surface area contributed by atoms with Crippen molar-refractivity contribution in [3.63, 3.8) is 0 Å². The lowest BCUT2D eigenvalue weighted by atomic mass is 10.2. The molecule has 0 aromatic heterocycles. The molecule has 0 heterocycles. The highest BCUT2D eigenvalue weighted by molar-refractivity contribution is 9.10. The van der Waals surface area contributed by atoms with Gasteiger partial charge in [0.1, 0.15) is 11.9 Å². The van der Waals surface area contributed by atoms with Crippen LogP contribution < -0.4 is 11.1 Å². The van der Waals surface area contributed by atoms with Crippen LogP contribution in [0.3, 0.4) is 0 Å². The molecule has 0 bridgehead atoms. The van der Waals surface area contributed by atoms with Gasteiger partial charge in [-0.1, -0.05) is 15.9 Å². The smallest absolute Gasteiger partial charge is 0.254 e. The Hall–Kier alpha value is -0.980. The van der Waals surface area contributed by atoms with E-state index in [-0.39, 0.29) is 12.2 Å². The third-order valence-electron chi connectivity index (χ3n) is 1.71. The number of hydrogen-bond donors (Lipinski definition) is 3. The molecule has 1 atom stereocenters. The predicted octanol–water partition coefficient (Wildman–Crippen LogP) is 0.846. The van der Waals surface area contributed by atoms with Crippen molar-refractivity contribution >= 4 is 27.5 Å². The maximum atomic E-state index is 13.1. The summed E-state index contributed by atoms with van der Waals surface area (Å²) in [5.74, 6) is -1.30. The van der Waals surface area contributed by atoms with E-state index in [1.165, 1.54) is 18.2 Å². The molecule has 0 aliphatic heterocycles. The van der Waals surface area contributed by atoms with E-state index in [4.69, 9.17) is 10.8 Å². The Morgan fingerprint density at radius 2 is 2.33 bits per heavy atom. The summed E-state index contributed by atoms with van der Waals surface area (Å²) in [6.45, 7) is -0.207. The SMILES string of the molecule is NCC(O)C(=O)Nc1cc(Br)ccc1F. The number of rotatable bonds is 3. The number of halogens is 2. The minimum absolute atomic E-state index is 0.00174. The zero-order valence-electron chi connectivity index (χ0n) is 7.71. The highest BCUT2D eigenvalue weighted by atomic mass is 79.9. The fourth-order valence-electron chi connectivity index (χ4n) is 0.916. The first-order chi connectivity index (χ1) is 7.04. The Labute approximate surface area is 94.4 Å². The van der Waals surface area contributed by atoms with Gasteiger partial charge in [-0.25, -0.2) is 4.39 Å². The Kier molecular flexibility index (Phi) is 4.19. The molecule has 1 aromatic rings. The second-order valence-electron chi connectivity index (χ2n) is 2.86. The van der Waals surface area contributed by atoms with Crippen molar-refractivity contribution in [3.8, 4) is 0 Å². The summed E-state index contributed by atoms with van der Waals surface area (Å²) < 4.78 is 13.8. The Bertz CT molecular complexity index is 373. The van der Waals surface area contributed by atoms with Crippen molar-refractivity contribution in [2.45, 2.75) is 6.10 Å². The molecule has 0 aliphatic rings. The Morgan fingerprint density at radius 1 is 1.67 bits per heavy atom. The highest BCUT2D eigenvalue weighted by Crippen LogP contribution is 2.19. The molecule has 1 rings (SSSR count). The van der Waals surface area contributed by atoms with Gasteiger partial charge in [0.2, 0.25) is 0 Å². The molecule has 82 valence electrons. The molecule has 0 saturated heterocycles. The van der Waals surface area contributed by atoms with Crippen LogP contribution in [0.1, 0.15) is 0 Å². The van der Waals surface area contributed by atoms with Gasteiger partial charge in [0, 0.05) is 11.0 Å². The normalized spacial score (nSPS) is 12.3. The zero-order chi connectivity index (χ0) is 11.4. The highest BCUT2D eigenvalue weighted by Gasteiger charge is 2.14. The van der Waals surface area contributed by atoms with Crippen molar-refractivity contribution < 1.29 is 14.3 Å². The van der Waals surface area contributed by atoms with Crippen molar-refractivity contribution in [3.05, 3.63) is 28.5 Å². The van der Waals surface area contributed by atoms with Crippen LogP contribution in [0.25, 0.3) is 0 Å². The van der Waals surface area contributed by atoms with Gasteiger partial charge in [0.25, 0.3) is 5.91 Å². The number of aliphatic hydroxyl groups excluding tert-OH is 1. The Morgan fingerprint density at radius 3 is 2.93 bits per heavy atom. The van der Waals surface area contributed by atoms with Crippen molar-refractivity contribution in [2.24, 2.45) is 5.73 Å². The van der Waals surface area contributed by atoms with Crippen LogP contribution in [0.5, 0.6) is 0 Å². The van der Waals surface area contributed by atoms with Gasteiger partial charge < -0.3 is 16.2 Å². The van der Waals surface area contributed by atoms with Gasteiger partial charge in [-0.2, -0.15) is 0 Å². The lowest BCUT2D eigenvalue weighted by molar-refractivity contribution is -0.123. The average Bonchev–Trinajstić information content (AvgIpc) is 2.22. The summed E-state index contributed by atoms with van der Waals surface area (Å²) in [4.78, 5) is 11.2. The summed E-state index contributed by atoms with van der Waals surface area (Å²) in [6.07, 6.45) is -1.33. The van der Waals surface area contributed by atoms with Gasteiger partial charge in [-0.15, -0.1) is 0 Å². The van der Waals surface area contributed by atoms with Crippen LogP contribution in [0.2, 0.25) is 0 Å². The number of nitrogens with one attached hydrogen (secondary N) is 1. The number of anilines is 1. The molecule has 1 aromatic carbocycles. The van der Waals surface area contributed by atoms with Gasteiger partial charge in [0.15, 0.2) is 0 Å². The first-order valence-corrected chi connectivity index (χ1v) is 4.98. The van der Waals surface area contributed by atoms with E-state index in [0.717, 1.165) is 0 Å². The largest absolute Gasteiger partial charge is 0.382 e. The molecule has 0 spiro atoms. The summed E-state index contributed by atoms with van der Waals surface area (Å²) in [5, 5.41) is 11.3. The monoisotopic (exact) mass is 276 g/mol. The van der Waals surface area contributed by atoms with Crippen LogP contribution >= 0.6 is 15.9 Å². The molecule has 0 radical (unpaired) electrons. The van der Waals surface area contributed by atoms with Crippen LogP contribution in [0, 0.1) is 5.82 Å². The standard InChI is InChI=1S/C9H10BrFN2O2/c10-5-1-2-6(11)7(3-5)13-9(15)8(14)4-12/h1-3,8,14H,4,12H2,(H,13,15). The summed E-state index contributed by atoms with van der Waals surface area (Å²) in [7, 11) is 0. The van der Waals surface area contributed by atoms with E-state index in [2.05, 4.69) is 21.2 Å². The summed E-state index contributed by atoms with van der Waals surface area (Å²) in [5.41, 5.74) is 5.08. The minimum Gasteiger partial charge on any atom is -0.382 e. The van der Waals surface area contributed by atoms with E-state index < -0.39 is 17.8 Å². The minimum atomic E-state index is -1.33. The van der Waals surface area contributed by atoms with E-state index in [1.54, 1.807) is 0 Å². The quantitative estimate of drug-likeness (QED) is 0.766. The van der Waals surface area contributed by atoms with E-state index in [1.807, 2.05) is 0 Å². The van der Waals surface area contributed by atoms with Gasteiger partial charge in [-0.05, 0) is 18.2 Å². The van der Waals surface area contributed by atoms with E-state index >= 15 is 0 Å². The maximum Gasteiger partial charge on any atom is 0.254 e. The van der Waals surface area contributed by atoms with Crippen molar-refractivity contribution in [2.75, 3.05) is 11.9 Å². The van der Waals surface area contributed by atoms with Crippen LogP contribution in [0.15, 0.2) is 22.7 Å². The number of carbonyl (C=O) groups is 1. The number of nitrogens with two attached hydrogens (primary N) is 1. The zero-order valence-corrected chi connectivity index (χ0v) is 9.29. The first-order valence-electron chi connectivity index (χ1n) is 4.18. The summed E-state index contributed by atoms with van der Waals surface area (Å²) >= 11 is 3.14. The molecule has 4 N–H and O–H groups in total. The average molecular weight is 277 g/mol. The molecular weight excluding hydrogens is 267 g/mol. The van der Waals surface area contributed by atoms with Gasteiger partial charge in [-0.3, -0.25) is 4.79 Å². The predicted molar refractivity (Wildman–Crippen MR) is 57.8 cm³/mol. The molecule has 0 aliphatic carbocycles. The molecule has 0 fully saturated rings. The lowest BCUT2D eigenvalue weighted by Gasteiger charge is -2.10. The third-order valence-corrected chi connectivity index (χ3v) is 2.21. The summed E-state index contributed by atoms with van der Waals surface area (Å²) in [6, 6.07) is 4.11. The van der Waals surface area contributed by atoms with Gasteiger partial charge >= 0.3 is 0 Å². The number of aliphatic hydroxyl groups is 1. The molecule has 4 nitrogen and oxygen atoms in total. The molecule has 15 heavy (non-hydrogen) atoms. The number of benzene rings is 1. The fourth-order valence-corrected chi connectivity index (χ4v) is 1.28. The van der Waals surface area contributed by atoms with Gasteiger partial charge in [0.05, 0.1) is 5.69 Å². The molecule has 0 saturated carbocycles. The number of carbonyl (C=O) groups excluding carboxylic acids is 1. The first kappa shape index (κ1) is 12.1. The maximum absolute atomic E-state index is 13.1. The van der Waals surface area contributed by atoms with E-state index in [0.29, 0.717) is 4.47 Å². The second kappa shape index (κ2) is 5.20. The van der Waals surface area contributed by atoms with Crippen LogP contribution in [-0.2, 0) is 4.79 Å². The third kappa shape index (κ3) is 3.26. The molecular formula is C9H10BrFN2O2. The van der Waals surface area contributed by atoms with Crippen LogP contribution in [-0.4, -0.2) is 23.7 Å². The van der Waals surface area contributed by atoms with E-state index in [9.17, 15) is 9.18 Å². The molecule has 6 heteroatoms. The van der Waals surface area contributed by atoms with Crippen LogP contribution in [0.4, 0.5) is 10.1 Å². The topological polar surface area (TPSA) is 75.3 Å². The fraction of sp³-hybridized carbons (Fsp3) is 0.222. The molecule has 1 amide bonds. The Balaban J connectivity index is 2.80. The second-order valence-corrected chi connectivity index (χ2v) is 3.78. The number of hydrogen-bond acceptors (Lipinski definition) is 3. The lowest BCUT2D eigenvalue weighted by Crippen LogP contribution is -2.34. The van der Waals surface area contributed by atoms with Crippen molar-refractivity contribution in [1.29, 1.82) is 0 Å². The molecule has 1 unspecified atom stereocenters. The van der Waals surface area contributed by atoms with Crippen molar-refractivity contribution in [1.82, 2.24) is 0 Å². The number of amides is 1.